The minimum Gasteiger partial charge on any atom is -0.320 e. The number of hydrogen-bond acceptors (Lipinski definition) is 3. The molecule has 0 fully saturated rings. The summed E-state index contributed by atoms with van der Waals surface area (Å²) in [5.41, 5.74) is 7.36. The van der Waals surface area contributed by atoms with E-state index in [1.807, 2.05) is 29.7 Å². The average Bonchev–Trinajstić information content (AvgIpc) is 2.65. The van der Waals surface area contributed by atoms with E-state index in [1.54, 1.807) is 6.92 Å². The molecule has 0 aliphatic carbocycles. The van der Waals surface area contributed by atoms with Crippen molar-refractivity contribution >= 4 is 51.2 Å². The second-order valence-electron chi connectivity index (χ2n) is 4.09. The fraction of sp³-hybridized carbons (Fsp3) is 0.333. The van der Waals surface area contributed by atoms with Gasteiger partial charge in [0.1, 0.15) is 0 Å². The lowest BCUT2D eigenvalue weighted by molar-refractivity contribution is -0.117. The molecular weight excluding hydrogens is 332 g/mol. The lowest BCUT2D eigenvalue weighted by atomic mass is 10.3. The highest BCUT2D eigenvalue weighted by Gasteiger charge is 2.14. The molecule has 1 unspecified atom stereocenters. The molecule has 0 saturated carbocycles. The maximum absolute atomic E-state index is 11.6. The smallest absolute Gasteiger partial charge is 0.243 e. The van der Waals surface area contributed by atoms with E-state index >= 15 is 0 Å². The number of carbonyl (C=O) groups is 1. The van der Waals surface area contributed by atoms with Crippen molar-refractivity contribution in [2.75, 3.05) is 5.32 Å². The lowest BCUT2D eigenvalue weighted by Crippen LogP contribution is -2.33. The molecule has 2 rings (SSSR count). The first-order chi connectivity index (χ1) is 8.52. The topological polar surface area (TPSA) is 72.9 Å². The zero-order chi connectivity index (χ0) is 13.3. The zero-order valence-electron chi connectivity index (χ0n) is 10.7. The van der Waals surface area contributed by atoms with Gasteiger partial charge in [0.05, 0.1) is 17.1 Å². The number of fused-ring (bicyclic) bond motifs is 1. The standard InChI is InChI=1S/C12H15BrN4O.ClH/c1-3-17-10-6-8(13)4-5-9(10)15-12(17)16-11(18)7(2)14;/h4-7H,3,14H2,1-2H3,(H,15,16,18);1H. The number of aryl methyl sites for hydroxylation is 1. The minimum absolute atomic E-state index is 0. The van der Waals surface area contributed by atoms with Gasteiger partial charge in [0.2, 0.25) is 11.9 Å². The predicted molar refractivity (Wildman–Crippen MR) is 82.6 cm³/mol. The second-order valence-corrected chi connectivity index (χ2v) is 5.01. The Kier molecular flexibility index (Phi) is 5.34. The molecule has 0 aliphatic heterocycles. The third kappa shape index (κ3) is 3.26. The maximum atomic E-state index is 11.6. The van der Waals surface area contributed by atoms with Crippen molar-refractivity contribution in [3.05, 3.63) is 22.7 Å². The van der Waals surface area contributed by atoms with Gasteiger partial charge in [-0.3, -0.25) is 10.1 Å². The van der Waals surface area contributed by atoms with E-state index in [-0.39, 0.29) is 18.3 Å². The summed E-state index contributed by atoms with van der Waals surface area (Å²) in [6.45, 7) is 4.37. The number of carbonyl (C=O) groups excluding carboxylic acids is 1. The van der Waals surface area contributed by atoms with Crippen LogP contribution >= 0.6 is 28.3 Å². The lowest BCUT2D eigenvalue weighted by Gasteiger charge is -2.09. The van der Waals surface area contributed by atoms with Crippen molar-refractivity contribution in [1.29, 1.82) is 0 Å². The highest BCUT2D eigenvalue weighted by atomic mass is 79.9. The first-order valence-electron chi connectivity index (χ1n) is 5.75. The molecular formula is C12H16BrClN4O. The van der Waals surface area contributed by atoms with Crippen molar-refractivity contribution in [3.8, 4) is 0 Å². The van der Waals surface area contributed by atoms with E-state index in [0.29, 0.717) is 5.95 Å². The summed E-state index contributed by atoms with van der Waals surface area (Å²) >= 11 is 3.43. The van der Waals surface area contributed by atoms with Crippen LogP contribution in [0.3, 0.4) is 0 Å². The van der Waals surface area contributed by atoms with E-state index in [2.05, 4.69) is 26.2 Å². The Morgan fingerprint density at radius 2 is 2.26 bits per heavy atom. The fourth-order valence-electron chi connectivity index (χ4n) is 1.74. The van der Waals surface area contributed by atoms with Gasteiger partial charge in [-0.05, 0) is 32.0 Å². The number of anilines is 1. The zero-order valence-corrected chi connectivity index (χ0v) is 13.1. The van der Waals surface area contributed by atoms with Crippen molar-refractivity contribution < 1.29 is 4.79 Å². The minimum atomic E-state index is -0.554. The number of nitrogens with two attached hydrogens (primary N) is 1. The quantitative estimate of drug-likeness (QED) is 0.896. The van der Waals surface area contributed by atoms with Crippen LogP contribution in [0.1, 0.15) is 13.8 Å². The Bertz CT molecular complexity index is 597. The number of benzene rings is 1. The van der Waals surface area contributed by atoms with E-state index < -0.39 is 6.04 Å². The van der Waals surface area contributed by atoms with Crippen LogP contribution in [0.25, 0.3) is 11.0 Å². The molecule has 1 atom stereocenters. The number of hydrogen-bond donors (Lipinski definition) is 2. The molecule has 3 N–H and O–H groups in total. The number of nitrogens with zero attached hydrogens (tertiary/aromatic N) is 2. The molecule has 1 heterocycles. The highest BCUT2D eigenvalue weighted by molar-refractivity contribution is 9.10. The van der Waals surface area contributed by atoms with Crippen LogP contribution in [0.2, 0.25) is 0 Å². The van der Waals surface area contributed by atoms with Gasteiger partial charge in [-0.2, -0.15) is 0 Å². The molecule has 0 aliphatic rings. The molecule has 1 aromatic carbocycles. The van der Waals surface area contributed by atoms with Crippen LogP contribution in [0.5, 0.6) is 0 Å². The van der Waals surface area contributed by atoms with Gasteiger partial charge in [-0.25, -0.2) is 4.98 Å². The van der Waals surface area contributed by atoms with E-state index in [4.69, 9.17) is 5.73 Å². The maximum Gasteiger partial charge on any atom is 0.243 e. The molecule has 0 radical (unpaired) electrons. The van der Waals surface area contributed by atoms with Crippen LogP contribution in [0, 0.1) is 0 Å². The van der Waals surface area contributed by atoms with E-state index in [9.17, 15) is 4.79 Å². The summed E-state index contributed by atoms with van der Waals surface area (Å²) in [5, 5.41) is 2.74. The van der Waals surface area contributed by atoms with Crippen molar-refractivity contribution in [2.24, 2.45) is 5.73 Å². The number of rotatable bonds is 3. The van der Waals surface area contributed by atoms with Gasteiger partial charge in [-0.1, -0.05) is 15.9 Å². The Hall–Kier alpha value is -1.11. The third-order valence-corrected chi connectivity index (χ3v) is 3.17. The summed E-state index contributed by atoms with van der Waals surface area (Å²) in [6.07, 6.45) is 0. The first-order valence-corrected chi connectivity index (χ1v) is 6.54. The molecule has 0 spiro atoms. The van der Waals surface area contributed by atoms with Gasteiger partial charge in [0, 0.05) is 11.0 Å². The number of amides is 1. The van der Waals surface area contributed by atoms with Crippen LogP contribution in [-0.4, -0.2) is 21.5 Å². The first kappa shape index (κ1) is 15.9. The van der Waals surface area contributed by atoms with Gasteiger partial charge < -0.3 is 10.3 Å². The fourth-order valence-corrected chi connectivity index (χ4v) is 2.08. The Labute approximate surface area is 126 Å². The molecule has 2 aromatic rings. The molecule has 1 amide bonds. The molecule has 5 nitrogen and oxygen atoms in total. The van der Waals surface area contributed by atoms with E-state index in [1.165, 1.54) is 0 Å². The monoisotopic (exact) mass is 346 g/mol. The van der Waals surface area contributed by atoms with Crippen LogP contribution < -0.4 is 11.1 Å². The molecule has 19 heavy (non-hydrogen) atoms. The Morgan fingerprint density at radius 3 is 2.84 bits per heavy atom. The molecule has 7 heteroatoms. The highest BCUT2D eigenvalue weighted by Crippen LogP contribution is 2.23. The average molecular weight is 348 g/mol. The van der Waals surface area contributed by atoms with Gasteiger partial charge in [-0.15, -0.1) is 12.4 Å². The van der Waals surface area contributed by atoms with Crippen molar-refractivity contribution in [3.63, 3.8) is 0 Å². The van der Waals surface area contributed by atoms with Gasteiger partial charge >= 0.3 is 0 Å². The van der Waals surface area contributed by atoms with Crippen LogP contribution in [-0.2, 0) is 11.3 Å². The third-order valence-electron chi connectivity index (χ3n) is 2.68. The number of halogens is 2. The molecule has 104 valence electrons. The van der Waals surface area contributed by atoms with Crippen molar-refractivity contribution in [1.82, 2.24) is 9.55 Å². The van der Waals surface area contributed by atoms with Gasteiger partial charge in [0.15, 0.2) is 0 Å². The van der Waals surface area contributed by atoms with Crippen LogP contribution in [0.4, 0.5) is 5.95 Å². The molecule has 0 saturated heterocycles. The largest absolute Gasteiger partial charge is 0.320 e. The molecule has 0 bridgehead atoms. The Balaban J connectivity index is 0.00000180. The summed E-state index contributed by atoms with van der Waals surface area (Å²) in [6, 6.07) is 5.26. The number of aromatic nitrogens is 2. The summed E-state index contributed by atoms with van der Waals surface area (Å²) in [4.78, 5) is 16.0. The van der Waals surface area contributed by atoms with Gasteiger partial charge in [0.25, 0.3) is 0 Å². The normalized spacial score (nSPS) is 12.0. The second kappa shape index (κ2) is 6.36. The summed E-state index contributed by atoms with van der Waals surface area (Å²) in [7, 11) is 0. The van der Waals surface area contributed by atoms with Crippen molar-refractivity contribution in [2.45, 2.75) is 26.4 Å². The summed E-state index contributed by atoms with van der Waals surface area (Å²) in [5.74, 6) is 0.298. The Morgan fingerprint density at radius 1 is 1.58 bits per heavy atom. The number of imidazole rings is 1. The number of nitrogens with one attached hydrogen (secondary N) is 1. The van der Waals surface area contributed by atoms with E-state index in [0.717, 1.165) is 22.1 Å². The van der Waals surface area contributed by atoms with Crippen LogP contribution in [0.15, 0.2) is 22.7 Å². The predicted octanol–water partition coefficient (Wildman–Crippen LogP) is 2.53. The molecule has 1 aromatic heterocycles. The SMILES string of the molecule is CCn1c(NC(=O)C(C)N)nc2ccc(Br)cc21.Cl. The summed E-state index contributed by atoms with van der Waals surface area (Å²) < 4.78 is 2.93.